The fourth-order valence-corrected chi connectivity index (χ4v) is 2.59. The highest BCUT2D eigenvalue weighted by Crippen LogP contribution is 2.28. The third-order valence-electron chi connectivity index (χ3n) is 2.75. The van der Waals surface area contributed by atoms with Gasteiger partial charge in [-0.15, -0.1) is 11.3 Å². The molecule has 2 nitrogen and oxygen atoms in total. The molecule has 1 heterocycles. The normalized spacial score (nSPS) is 11.5. The smallest absolute Gasteiger partial charge is 0.123 e. The van der Waals surface area contributed by atoms with Gasteiger partial charge in [0.05, 0.1) is 4.88 Å². The lowest BCUT2D eigenvalue weighted by molar-refractivity contribution is 0.590. The van der Waals surface area contributed by atoms with Crippen LogP contribution in [-0.4, -0.2) is 9.97 Å². The fourth-order valence-electron chi connectivity index (χ4n) is 1.63. The van der Waals surface area contributed by atoms with Crippen molar-refractivity contribution in [2.24, 2.45) is 5.73 Å². The number of aromatic nitrogens is 1. The van der Waals surface area contributed by atoms with Crippen LogP contribution < -0.4 is 5.73 Å². The van der Waals surface area contributed by atoms with E-state index in [-0.39, 0.29) is 5.41 Å². The van der Waals surface area contributed by atoms with Crippen molar-refractivity contribution in [2.75, 3.05) is 0 Å². The molecule has 0 unspecified atom stereocenters. The van der Waals surface area contributed by atoms with Gasteiger partial charge in [0.25, 0.3) is 0 Å². The van der Waals surface area contributed by atoms with Crippen LogP contribution in [0.2, 0.25) is 0 Å². The Morgan fingerprint density at radius 2 is 1.83 bits per heavy atom. The average Bonchev–Trinajstić information content (AvgIpc) is 2.77. The first-order chi connectivity index (χ1) is 8.38. The SMILES string of the molecule is CC(C)(C)c1ccc(-c2ncc(C(N)=S)s2)cc1. The minimum absolute atomic E-state index is 0.172. The van der Waals surface area contributed by atoms with Crippen LogP contribution in [0, 0.1) is 0 Å². The molecule has 0 aliphatic carbocycles. The second-order valence-electron chi connectivity index (χ2n) is 5.22. The van der Waals surface area contributed by atoms with Crippen molar-refractivity contribution >= 4 is 28.5 Å². The number of thiazole rings is 1. The van der Waals surface area contributed by atoms with Crippen LogP contribution >= 0.6 is 23.6 Å². The number of hydrogen-bond acceptors (Lipinski definition) is 3. The van der Waals surface area contributed by atoms with Gasteiger partial charge in [-0.3, -0.25) is 0 Å². The topological polar surface area (TPSA) is 38.9 Å². The van der Waals surface area contributed by atoms with E-state index in [1.165, 1.54) is 16.9 Å². The molecule has 0 fully saturated rings. The molecule has 0 atom stereocenters. The Balaban J connectivity index is 2.31. The van der Waals surface area contributed by atoms with Crippen molar-refractivity contribution in [3.63, 3.8) is 0 Å². The van der Waals surface area contributed by atoms with E-state index in [0.29, 0.717) is 4.99 Å². The minimum atomic E-state index is 0.172. The van der Waals surface area contributed by atoms with Crippen LogP contribution in [0.15, 0.2) is 30.5 Å². The molecule has 0 bridgehead atoms. The summed E-state index contributed by atoms with van der Waals surface area (Å²) in [7, 11) is 0. The summed E-state index contributed by atoms with van der Waals surface area (Å²) in [5.74, 6) is 0. The molecule has 0 radical (unpaired) electrons. The maximum atomic E-state index is 5.59. The Bertz CT molecular complexity index is 562. The van der Waals surface area contributed by atoms with Gasteiger partial charge in [0, 0.05) is 11.8 Å². The zero-order valence-corrected chi connectivity index (χ0v) is 12.4. The van der Waals surface area contributed by atoms with Crippen molar-refractivity contribution < 1.29 is 0 Å². The summed E-state index contributed by atoms with van der Waals surface area (Å²) in [5, 5.41) is 0.957. The lowest BCUT2D eigenvalue weighted by atomic mass is 9.87. The summed E-state index contributed by atoms with van der Waals surface area (Å²) >= 11 is 6.47. The number of thiocarbonyl (C=S) groups is 1. The van der Waals surface area contributed by atoms with E-state index in [1.807, 2.05) is 0 Å². The molecule has 0 aliphatic rings. The molecule has 18 heavy (non-hydrogen) atoms. The molecule has 1 aromatic carbocycles. The van der Waals surface area contributed by atoms with Crippen LogP contribution in [0.3, 0.4) is 0 Å². The Kier molecular flexibility index (Phi) is 3.50. The minimum Gasteiger partial charge on any atom is -0.389 e. The quantitative estimate of drug-likeness (QED) is 0.849. The van der Waals surface area contributed by atoms with Gasteiger partial charge in [0.1, 0.15) is 10.00 Å². The summed E-state index contributed by atoms with van der Waals surface area (Å²) in [5.41, 5.74) is 8.18. The Morgan fingerprint density at radius 3 is 2.28 bits per heavy atom. The molecule has 2 rings (SSSR count). The Hall–Kier alpha value is -1.26. The predicted molar refractivity (Wildman–Crippen MR) is 82.1 cm³/mol. The van der Waals surface area contributed by atoms with Gasteiger partial charge >= 0.3 is 0 Å². The first-order valence-electron chi connectivity index (χ1n) is 5.74. The van der Waals surface area contributed by atoms with Crippen molar-refractivity contribution in [2.45, 2.75) is 26.2 Å². The monoisotopic (exact) mass is 276 g/mol. The molecular weight excluding hydrogens is 260 g/mol. The molecule has 1 aromatic heterocycles. The molecule has 4 heteroatoms. The van der Waals surface area contributed by atoms with Crippen molar-refractivity contribution in [3.05, 3.63) is 40.9 Å². The van der Waals surface area contributed by atoms with Gasteiger partial charge in [-0.25, -0.2) is 4.98 Å². The van der Waals surface area contributed by atoms with Gasteiger partial charge < -0.3 is 5.73 Å². The summed E-state index contributed by atoms with van der Waals surface area (Å²) in [6.45, 7) is 6.61. The van der Waals surface area contributed by atoms with E-state index < -0.39 is 0 Å². The lowest BCUT2D eigenvalue weighted by Crippen LogP contribution is -2.10. The summed E-state index contributed by atoms with van der Waals surface area (Å²) in [6, 6.07) is 8.50. The molecule has 0 saturated heterocycles. The zero-order chi connectivity index (χ0) is 13.3. The van der Waals surface area contributed by atoms with Gasteiger partial charge in [-0.2, -0.15) is 0 Å². The maximum absolute atomic E-state index is 5.59. The van der Waals surface area contributed by atoms with Crippen LogP contribution in [0.5, 0.6) is 0 Å². The van der Waals surface area contributed by atoms with Crippen LogP contribution in [-0.2, 0) is 5.41 Å². The third-order valence-corrected chi connectivity index (χ3v) is 4.18. The molecule has 2 aromatic rings. The summed E-state index contributed by atoms with van der Waals surface area (Å²) in [4.78, 5) is 5.62. The number of nitrogens with two attached hydrogens (primary N) is 1. The highest BCUT2D eigenvalue weighted by molar-refractivity contribution is 7.81. The number of benzene rings is 1. The van der Waals surface area contributed by atoms with Crippen LogP contribution in [0.25, 0.3) is 10.6 Å². The van der Waals surface area contributed by atoms with Crippen molar-refractivity contribution in [1.82, 2.24) is 4.98 Å². The first kappa shape index (κ1) is 13.2. The van der Waals surface area contributed by atoms with Crippen LogP contribution in [0.4, 0.5) is 0 Å². The number of hydrogen-bond donors (Lipinski definition) is 1. The molecular formula is C14H16N2S2. The molecule has 2 N–H and O–H groups in total. The first-order valence-corrected chi connectivity index (χ1v) is 6.97. The molecule has 0 saturated carbocycles. The third kappa shape index (κ3) is 2.76. The molecule has 0 amide bonds. The summed E-state index contributed by atoms with van der Waals surface area (Å²) in [6.07, 6.45) is 1.74. The molecule has 94 valence electrons. The zero-order valence-electron chi connectivity index (χ0n) is 10.7. The van der Waals surface area contributed by atoms with Gasteiger partial charge in [-0.1, -0.05) is 57.3 Å². The van der Waals surface area contributed by atoms with Crippen LogP contribution in [0.1, 0.15) is 31.2 Å². The van der Waals surface area contributed by atoms with Crippen molar-refractivity contribution in [1.29, 1.82) is 0 Å². The molecule has 0 spiro atoms. The van der Waals surface area contributed by atoms with Gasteiger partial charge in [0.2, 0.25) is 0 Å². The van der Waals surface area contributed by atoms with E-state index in [0.717, 1.165) is 15.4 Å². The highest BCUT2D eigenvalue weighted by Gasteiger charge is 2.13. The van der Waals surface area contributed by atoms with E-state index >= 15 is 0 Å². The molecule has 0 aliphatic heterocycles. The van der Waals surface area contributed by atoms with E-state index in [9.17, 15) is 0 Å². The standard InChI is InChI=1S/C14H16N2S2/c1-14(2,3)10-6-4-9(5-7-10)13-16-8-11(18-13)12(15)17/h4-8H,1-3H3,(H2,15,17). The Morgan fingerprint density at radius 1 is 1.22 bits per heavy atom. The Labute approximate surface area is 117 Å². The van der Waals surface area contributed by atoms with Crippen molar-refractivity contribution in [3.8, 4) is 10.6 Å². The van der Waals surface area contributed by atoms with E-state index in [4.69, 9.17) is 18.0 Å². The second kappa shape index (κ2) is 4.78. The van der Waals surface area contributed by atoms with E-state index in [2.05, 4.69) is 50.0 Å². The maximum Gasteiger partial charge on any atom is 0.123 e. The van der Waals surface area contributed by atoms with Gasteiger partial charge in [0.15, 0.2) is 0 Å². The fraction of sp³-hybridized carbons (Fsp3) is 0.286. The largest absolute Gasteiger partial charge is 0.389 e. The van der Waals surface area contributed by atoms with E-state index in [1.54, 1.807) is 6.20 Å². The number of nitrogens with zero attached hydrogens (tertiary/aromatic N) is 1. The average molecular weight is 276 g/mol. The number of rotatable bonds is 2. The predicted octanol–water partition coefficient (Wildman–Crippen LogP) is 3.74. The summed E-state index contributed by atoms with van der Waals surface area (Å²) < 4.78 is 0. The second-order valence-corrected chi connectivity index (χ2v) is 6.69. The van der Waals surface area contributed by atoms with Gasteiger partial charge in [-0.05, 0) is 11.0 Å². The highest BCUT2D eigenvalue weighted by atomic mass is 32.1. The lowest BCUT2D eigenvalue weighted by Gasteiger charge is -2.18.